The Morgan fingerprint density at radius 2 is 1.84 bits per heavy atom. The molecule has 0 saturated carbocycles. The van der Waals surface area contributed by atoms with Crippen molar-refractivity contribution in [3.05, 3.63) is 59.8 Å². The molecule has 0 aliphatic carbocycles. The zero-order chi connectivity index (χ0) is 21.4. The molecule has 1 N–H and O–H groups in total. The van der Waals surface area contributed by atoms with Crippen LogP contribution in [0.1, 0.15) is 11.1 Å². The number of hydrogen-bond donors (Lipinski definition) is 1. The topological polar surface area (TPSA) is 68.8 Å². The molecule has 2 amide bonds. The fourth-order valence-corrected chi connectivity index (χ4v) is 4.91. The lowest BCUT2D eigenvalue weighted by Crippen LogP contribution is -2.32. The number of carbonyl (C=O) groups excluding carboxylic acids is 2. The maximum Gasteiger partial charge on any atom is 0.246 e. The van der Waals surface area contributed by atoms with Crippen LogP contribution in [-0.2, 0) is 16.1 Å². The van der Waals surface area contributed by atoms with E-state index >= 15 is 0 Å². The molecular weight excluding hydrogens is 390 g/mol. The first-order chi connectivity index (χ1) is 15.0. The monoisotopic (exact) mass is 417 g/mol. The fourth-order valence-electron chi connectivity index (χ4n) is 4.91. The zero-order valence-corrected chi connectivity index (χ0v) is 17.7. The summed E-state index contributed by atoms with van der Waals surface area (Å²) in [4.78, 5) is 35.3. The molecule has 7 nitrogen and oxygen atoms in total. The highest BCUT2D eigenvalue weighted by atomic mass is 16.2. The number of likely N-dealkylation sites (N-methyl/N-ethyl adjacent to an activating group) is 1. The molecule has 2 atom stereocenters. The van der Waals surface area contributed by atoms with E-state index in [1.165, 1.54) is 5.69 Å². The molecule has 3 aliphatic heterocycles. The van der Waals surface area contributed by atoms with Crippen LogP contribution < -0.4 is 10.2 Å². The second-order valence-corrected chi connectivity index (χ2v) is 8.83. The standard InChI is InChI=1S/C24H27N5O2/c1-27-11-18-9-17(10-25-24(18)26-22(30)16-27)7-8-23(31)29-14-19-12-28(13-20(19)15-29)21-5-3-2-4-6-21/h2-10,19-20H,11-16H2,1H3,(H,25,26,30)/b8-7+/t19-,20+. The number of rotatable bonds is 3. The van der Waals surface area contributed by atoms with E-state index < -0.39 is 0 Å². The van der Waals surface area contributed by atoms with E-state index in [4.69, 9.17) is 0 Å². The van der Waals surface area contributed by atoms with Gasteiger partial charge in [-0.15, -0.1) is 0 Å². The summed E-state index contributed by atoms with van der Waals surface area (Å²) < 4.78 is 0. The Kier molecular flexibility index (Phi) is 5.19. The molecule has 4 heterocycles. The summed E-state index contributed by atoms with van der Waals surface area (Å²) in [5.41, 5.74) is 3.10. The summed E-state index contributed by atoms with van der Waals surface area (Å²) in [6.07, 6.45) is 5.18. The Morgan fingerprint density at radius 1 is 1.10 bits per heavy atom. The van der Waals surface area contributed by atoms with Crippen molar-refractivity contribution in [1.29, 1.82) is 0 Å². The lowest BCUT2D eigenvalue weighted by Gasteiger charge is -2.22. The third kappa shape index (κ3) is 4.18. The van der Waals surface area contributed by atoms with Crippen LogP contribution in [0.15, 0.2) is 48.7 Å². The molecule has 0 radical (unpaired) electrons. The molecule has 0 unspecified atom stereocenters. The van der Waals surface area contributed by atoms with Gasteiger partial charge in [-0.05, 0) is 36.9 Å². The molecule has 1 aromatic heterocycles. The molecule has 0 spiro atoms. The van der Waals surface area contributed by atoms with Gasteiger partial charge in [-0.3, -0.25) is 14.5 Å². The first-order valence-electron chi connectivity index (χ1n) is 10.8. The molecule has 2 saturated heterocycles. The van der Waals surface area contributed by atoms with E-state index in [0.29, 0.717) is 30.7 Å². The maximum atomic E-state index is 12.8. The summed E-state index contributed by atoms with van der Waals surface area (Å²) in [6.45, 7) is 4.64. The highest BCUT2D eigenvalue weighted by molar-refractivity contribution is 5.93. The van der Waals surface area contributed by atoms with E-state index in [1.54, 1.807) is 12.3 Å². The number of likely N-dealkylation sites (tertiary alicyclic amines) is 1. The number of carbonyl (C=O) groups is 2. The van der Waals surface area contributed by atoms with E-state index in [-0.39, 0.29) is 11.8 Å². The average Bonchev–Trinajstić information content (AvgIpc) is 3.29. The van der Waals surface area contributed by atoms with Crippen LogP contribution in [0, 0.1) is 11.8 Å². The van der Waals surface area contributed by atoms with Gasteiger partial charge in [-0.1, -0.05) is 18.2 Å². The van der Waals surface area contributed by atoms with Crippen molar-refractivity contribution in [1.82, 2.24) is 14.8 Å². The van der Waals surface area contributed by atoms with Gasteiger partial charge in [0.05, 0.1) is 6.54 Å². The Hall–Kier alpha value is -3.19. The lowest BCUT2D eigenvalue weighted by molar-refractivity contribution is -0.125. The number of anilines is 2. The van der Waals surface area contributed by atoms with Gasteiger partial charge in [-0.2, -0.15) is 0 Å². The summed E-state index contributed by atoms with van der Waals surface area (Å²) in [6, 6.07) is 12.5. The van der Waals surface area contributed by atoms with E-state index in [1.807, 2.05) is 35.1 Å². The van der Waals surface area contributed by atoms with Gasteiger partial charge in [0.25, 0.3) is 0 Å². The van der Waals surface area contributed by atoms with Crippen molar-refractivity contribution >= 4 is 29.4 Å². The summed E-state index contributed by atoms with van der Waals surface area (Å²) >= 11 is 0. The molecule has 0 bridgehead atoms. The number of pyridine rings is 1. The molecule has 31 heavy (non-hydrogen) atoms. The van der Waals surface area contributed by atoms with Crippen LogP contribution in [0.5, 0.6) is 0 Å². The van der Waals surface area contributed by atoms with Crippen LogP contribution in [0.3, 0.4) is 0 Å². The zero-order valence-electron chi connectivity index (χ0n) is 17.7. The van der Waals surface area contributed by atoms with Crippen LogP contribution >= 0.6 is 0 Å². The fraction of sp³-hybridized carbons (Fsp3) is 0.375. The summed E-state index contributed by atoms with van der Waals surface area (Å²) in [5.74, 6) is 1.67. The smallest absolute Gasteiger partial charge is 0.246 e. The van der Waals surface area contributed by atoms with Crippen LogP contribution in [0.25, 0.3) is 6.08 Å². The molecule has 1 aromatic carbocycles. The van der Waals surface area contributed by atoms with Crippen LogP contribution in [0.4, 0.5) is 11.5 Å². The van der Waals surface area contributed by atoms with Gasteiger partial charge in [0.15, 0.2) is 0 Å². The summed E-state index contributed by atoms with van der Waals surface area (Å²) in [7, 11) is 1.91. The van der Waals surface area contributed by atoms with Gasteiger partial charge >= 0.3 is 0 Å². The Bertz CT molecular complexity index is 1010. The predicted octanol–water partition coefficient (Wildman–Crippen LogP) is 2.07. The van der Waals surface area contributed by atoms with Crippen molar-refractivity contribution in [2.45, 2.75) is 6.54 Å². The SMILES string of the molecule is CN1CC(=O)Nc2ncc(/C=C/C(=O)N3C[C@@H]4CN(c5ccccc5)C[C@@H]4C3)cc2C1. The van der Waals surface area contributed by atoms with Gasteiger partial charge in [0, 0.05) is 68.1 Å². The molecule has 5 rings (SSSR count). The molecule has 7 heteroatoms. The normalized spacial score (nSPS) is 23.6. The highest BCUT2D eigenvalue weighted by Gasteiger charge is 2.41. The number of nitrogens with one attached hydrogen (secondary N) is 1. The second-order valence-electron chi connectivity index (χ2n) is 8.83. The molecule has 2 aromatic rings. The quantitative estimate of drug-likeness (QED) is 0.775. The number of amides is 2. The number of aromatic nitrogens is 1. The van der Waals surface area contributed by atoms with Gasteiger partial charge in [0.2, 0.25) is 11.8 Å². The van der Waals surface area contributed by atoms with E-state index in [9.17, 15) is 9.59 Å². The van der Waals surface area contributed by atoms with Crippen LogP contribution in [0.2, 0.25) is 0 Å². The van der Waals surface area contributed by atoms with Crippen molar-refractivity contribution in [2.24, 2.45) is 11.8 Å². The minimum atomic E-state index is -0.0577. The molecular formula is C24H27N5O2. The highest BCUT2D eigenvalue weighted by Crippen LogP contribution is 2.34. The number of benzene rings is 1. The minimum Gasteiger partial charge on any atom is -0.371 e. The number of nitrogens with zero attached hydrogens (tertiary/aromatic N) is 4. The van der Waals surface area contributed by atoms with Crippen LogP contribution in [-0.4, -0.2) is 66.4 Å². The Balaban J connectivity index is 1.21. The van der Waals surface area contributed by atoms with Crippen molar-refractivity contribution in [3.63, 3.8) is 0 Å². The van der Waals surface area contributed by atoms with Crippen molar-refractivity contribution in [2.75, 3.05) is 50.0 Å². The molecule has 160 valence electrons. The van der Waals surface area contributed by atoms with Crippen molar-refractivity contribution < 1.29 is 9.59 Å². The average molecular weight is 418 g/mol. The maximum absolute atomic E-state index is 12.8. The first-order valence-corrected chi connectivity index (χ1v) is 10.8. The first kappa shape index (κ1) is 19.8. The third-order valence-corrected chi connectivity index (χ3v) is 6.44. The lowest BCUT2D eigenvalue weighted by atomic mass is 10.0. The second kappa shape index (κ2) is 8.15. The van der Waals surface area contributed by atoms with Gasteiger partial charge < -0.3 is 15.1 Å². The van der Waals surface area contributed by atoms with E-state index in [2.05, 4.69) is 39.5 Å². The molecule has 2 fully saturated rings. The Morgan fingerprint density at radius 3 is 2.58 bits per heavy atom. The van der Waals surface area contributed by atoms with Crippen molar-refractivity contribution in [3.8, 4) is 0 Å². The Labute approximate surface area is 182 Å². The number of hydrogen-bond acceptors (Lipinski definition) is 5. The predicted molar refractivity (Wildman–Crippen MR) is 120 cm³/mol. The van der Waals surface area contributed by atoms with Gasteiger partial charge in [-0.25, -0.2) is 4.98 Å². The third-order valence-electron chi connectivity index (χ3n) is 6.44. The van der Waals surface area contributed by atoms with E-state index in [0.717, 1.165) is 37.3 Å². The summed E-state index contributed by atoms with van der Waals surface area (Å²) in [5, 5.41) is 2.83. The molecule has 3 aliphatic rings. The minimum absolute atomic E-state index is 0.0565. The number of para-hydroxylation sites is 1. The largest absolute Gasteiger partial charge is 0.371 e. The van der Waals surface area contributed by atoms with Gasteiger partial charge in [0.1, 0.15) is 5.82 Å². The number of fused-ring (bicyclic) bond motifs is 2.